The normalized spacial score (nSPS) is 19.0. The van der Waals surface area contributed by atoms with E-state index in [1.165, 1.54) is 17.5 Å². The van der Waals surface area contributed by atoms with E-state index < -0.39 is 0 Å². The zero-order valence-corrected chi connectivity index (χ0v) is 16.7. The number of anilines is 1. The van der Waals surface area contributed by atoms with Crippen LogP contribution >= 0.6 is 0 Å². The van der Waals surface area contributed by atoms with Crippen molar-refractivity contribution in [2.45, 2.75) is 64.5 Å². The van der Waals surface area contributed by atoms with E-state index in [1.807, 2.05) is 13.1 Å². The molecular formula is C20H34N6. The molecule has 1 aliphatic heterocycles. The topological polar surface area (TPSA) is 79.1 Å². The van der Waals surface area contributed by atoms with Gasteiger partial charge in [-0.25, -0.2) is 0 Å². The third-order valence-electron chi connectivity index (χ3n) is 5.30. The lowest BCUT2D eigenvalue weighted by molar-refractivity contribution is 0.316. The van der Waals surface area contributed by atoms with E-state index in [-0.39, 0.29) is 5.54 Å². The first-order valence-electron chi connectivity index (χ1n) is 9.92. The molecule has 0 amide bonds. The number of hydrogen-bond acceptors (Lipinski definition) is 6. The smallest absolute Gasteiger partial charge is 0.154 e. The molecule has 0 atom stereocenters. The van der Waals surface area contributed by atoms with Gasteiger partial charge >= 0.3 is 0 Å². The largest absolute Gasteiger partial charge is 0.387 e. The number of fused-ring (bicyclic) bond motifs is 1. The lowest BCUT2D eigenvalue weighted by Gasteiger charge is -2.37. The van der Waals surface area contributed by atoms with Crippen molar-refractivity contribution in [3.63, 3.8) is 0 Å². The fourth-order valence-corrected chi connectivity index (χ4v) is 4.22. The first-order valence-corrected chi connectivity index (χ1v) is 9.92. The fraction of sp³-hybridized carbons (Fsp3) is 0.700. The number of hydrogen-bond donors (Lipinski definition) is 3. The molecule has 1 fully saturated rings. The number of nitrogens with zero attached hydrogens (tertiary/aromatic N) is 3. The highest BCUT2D eigenvalue weighted by atomic mass is 15.3. The second kappa shape index (κ2) is 7.92. The average Bonchev–Trinajstić information content (AvgIpc) is 3.08. The summed E-state index contributed by atoms with van der Waals surface area (Å²) in [6.45, 7) is 9.32. The molecule has 0 aromatic carbocycles. The summed E-state index contributed by atoms with van der Waals surface area (Å²) in [5.41, 5.74) is 10.6. The molecule has 0 bridgehead atoms. The molecule has 26 heavy (non-hydrogen) atoms. The molecule has 1 aromatic heterocycles. The number of aromatic nitrogens is 2. The van der Waals surface area contributed by atoms with Crippen molar-refractivity contribution in [2.75, 3.05) is 31.6 Å². The Kier molecular flexibility index (Phi) is 5.82. The van der Waals surface area contributed by atoms with Crippen LogP contribution in [0.15, 0.2) is 6.08 Å². The number of rotatable bonds is 5. The van der Waals surface area contributed by atoms with Gasteiger partial charge < -0.3 is 21.3 Å². The molecule has 1 saturated heterocycles. The maximum absolute atomic E-state index is 5.71. The van der Waals surface area contributed by atoms with Gasteiger partial charge in [0.15, 0.2) is 5.82 Å². The van der Waals surface area contributed by atoms with E-state index in [2.05, 4.69) is 46.5 Å². The van der Waals surface area contributed by atoms with Crippen LogP contribution in [0.3, 0.4) is 0 Å². The summed E-state index contributed by atoms with van der Waals surface area (Å²) in [6, 6.07) is 0.593. The van der Waals surface area contributed by atoms with Crippen LogP contribution in [0.2, 0.25) is 0 Å². The molecule has 6 nitrogen and oxygen atoms in total. The van der Waals surface area contributed by atoms with Crippen LogP contribution in [0, 0.1) is 0 Å². The standard InChI is InChI=1S/C20H34N6/c1-20(2,3)23-14-9-12-26(13-10-14)19-16-7-5-6-15(16)18(24-25-19)17(22-4)8-11-21/h8,14,22-23H,5-7,9-13,21H2,1-4H3/b17-8-. The van der Waals surface area contributed by atoms with Crippen LogP contribution in [-0.4, -0.2) is 48.5 Å². The van der Waals surface area contributed by atoms with Gasteiger partial charge in [-0.05, 0) is 64.5 Å². The number of nitrogens with one attached hydrogen (secondary N) is 2. The maximum atomic E-state index is 5.71. The summed E-state index contributed by atoms with van der Waals surface area (Å²) in [5.74, 6) is 1.11. The molecule has 6 heteroatoms. The van der Waals surface area contributed by atoms with E-state index in [0.29, 0.717) is 12.6 Å². The second-order valence-electron chi connectivity index (χ2n) is 8.44. The Morgan fingerprint density at radius 2 is 1.88 bits per heavy atom. The molecule has 4 N–H and O–H groups in total. The van der Waals surface area contributed by atoms with Crippen molar-refractivity contribution in [1.82, 2.24) is 20.8 Å². The zero-order valence-electron chi connectivity index (χ0n) is 16.7. The van der Waals surface area contributed by atoms with Gasteiger partial charge in [0.1, 0.15) is 5.69 Å². The van der Waals surface area contributed by atoms with E-state index in [0.717, 1.165) is 56.0 Å². The van der Waals surface area contributed by atoms with Gasteiger partial charge in [-0.3, -0.25) is 0 Å². The highest BCUT2D eigenvalue weighted by molar-refractivity contribution is 5.68. The fourth-order valence-electron chi connectivity index (χ4n) is 4.22. The molecular weight excluding hydrogens is 324 g/mol. The van der Waals surface area contributed by atoms with Gasteiger partial charge in [0.05, 0.1) is 5.70 Å². The van der Waals surface area contributed by atoms with Crippen molar-refractivity contribution in [1.29, 1.82) is 0 Å². The predicted octanol–water partition coefficient (Wildman–Crippen LogP) is 1.84. The lowest BCUT2D eigenvalue weighted by atomic mass is 9.99. The first-order chi connectivity index (χ1) is 12.4. The Morgan fingerprint density at radius 3 is 2.50 bits per heavy atom. The van der Waals surface area contributed by atoms with Crippen LogP contribution in [0.5, 0.6) is 0 Å². The molecule has 0 unspecified atom stereocenters. The highest BCUT2D eigenvalue weighted by Crippen LogP contribution is 2.34. The summed E-state index contributed by atoms with van der Waals surface area (Å²) in [6.07, 6.45) is 7.68. The molecule has 0 saturated carbocycles. The molecule has 144 valence electrons. The quantitative estimate of drug-likeness (QED) is 0.745. The predicted molar refractivity (Wildman–Crippen MR) is 108 cm³/mol. The van der Waals surface area contributed by atoms with E-state index in [4.69, 9.17) is 5.73 Å². The van der Waals surface area contributed by atoms with E-state index >= 15 is 0 Å². The van der Waals surface area contributed by atoms with Crippen LogP contribution in [-0.2, 0) is 12.8 Å². The Labute approximate surface area is 157 Å². The first kappa shape index (κ1) is 19.1. The summed E-state index contributed by atoms with van der Waals surface area (Å²) in [5, 5.41) is 16.2. The van der Waals surface area contributed by atoms with Gasteiger partial charge in [-0.2, -0.15) is 0 Å². The third-order valence-corrected chi connectivity index (χ3v) is 5.30. The summed E-state index contributed by atoms with van der Waals surface area (Å²) < 4.78 is 0. The van der Waals surface area contributed by atoms with Crippen molar-refractivity contribution in [3.8, 4) is 0 Å². The Morgan fingerprint density at radius 1 is 1.19 bits per heavy atom. The molecule has 0 radical (unpaired) electrons. The van der Waals surface area contributed by atoms with Crippen LogP contribution in [0.25, 0.3) is 5.70 Å². The van der Waals surface area contributed by atoms with E-state index in [9.17, 15) is 0 Å². The molecule has 1 aliphatic carbocycles. The number of piperidine rings is 1. The van der Waals surface area contributed by atoms with Gasteiger partial charge in [0.2, 0.25) is 0 Å². The molecule has 3 rings (SSSR count). The van der Waals surface area contributed by atoms with Crippen LogP contribution < -0.4 is 21.3 Å². The number of nitrogens with two attached hydrogens (primary N) is 1. The summed E-state index contributed by atoms with van der Waals surface area (Å²) >= 11 is 0. The highest BCUT2D eigenvalue weighted by Gasteiger charge is 2.28. The molecule has 2 heterocycles. The minimum absolute atomic E-state index is 0.175. The Balaban J connectivity index is 1.78. The second-order valence-corrected chi connectivity index (χ2v) is 8.44. The zero-order chi connectivity index (χ0) is 18.7. The Bertz CT molecular complexity index is 653. The van der Waals surface area contributed by atoms with Gasteiger partial charge in [0, 0.05) is 43.8 Å². The monoisotopic (exact) mass is 358 g/mol. The van der Waals surface area contributed by atoms with Gasteiger partial charge in [-0.1, -0.05) is 0 Å². The van der Waals surface area contributed by atoms with Crippen molar-refractivity contribution in [3.05, 3.63) is 22.9 Å². The third kappa shape index (κ3) is 4.18. The lowest BCUT2D eigenvalue weighted by Crippen LogP contribution is -2.49. The summed E-state index contributed by atoms with van der Waals surface area (Å²) in [7, 11) is 1.92. The average molecular weight is 359 g/mol. The van der Waals surface area contributed by atoms with Crippen molar-refractivity contribution in [2.24, 2.45) is 5.73 Å². The van der Waals surface area contributed by atoms with Gasteiger partial charge in [-0.15, -0.1) is 10.2 Å². The Hall–Kier alpha value is -1.66. The van der Waals surface area contributed by atoms with Crippen LogP contribution in [0.4, 0.5) is 5.82 Å². The molecule has 0 spiro atoms. The maximum Gasteiger partial charge on any atom is 0.154 e. The minimum atomic E-state index is 0.175. The molecule has 2 aliphatic rings. The van der Waals surface area contributed by atoms with Crippen molar-refractivity contribution < 1.29 is 0 Å². The van der Waals surface area contributed by atoms with Crippen molar-refractivity contribution >= 4 is 11.5 Å². The van der Waals surface area contributed by atoms with E-state index in [1.54, 1.807) is 0 Å². The minimum Gasteiger partial charge on any atom is -0.387 e. The SMILES string of the molecule is CN/C(=C\CN)c1nnc(N2CCC(NC(C)(C)C)CC2)c2c1CCC2. The van der Waals surface area contributed by atoms with Crippen LogP contribution in [0.1, 0.15) is 56.9 Å². The molecule has 1 aromatic rings. The van der Waals surface area contributed by atoms with Gasteiger partial charge in [0.25, 0.3) is 0 Å². The summed E-state index contributed by atoms with van der Waals surface area (Å²) in [4.78, 5) is 2.44.